The molecule has 35 heavy (non-hydrogen) atoms. The van der Waals surface area contributed by atoms with Gasteiger partial charge in [0, 0.05) is 18.4 Å². The van der Waals surface area contributed by atoms with Crippen LogP contribution >= 0.6 is 0 Å². The number of hydrogen-bond donors (Lipinski definition) is 3. The second-order valence-corrected chi connectivity index (χ2v) is 8.45. The number of hydrogen-bond acceptors (Lipinski definition) is 3. The lowest BCUT2D eigenvalue weighted by atomic mass is 10.00. The fourth-order valence-corrected chi connectivity index (χ4v) is 4.05. The summed E-state index contributed by atoms with van der Waals surface area (Å²) in [6.07, 6.45) is 0.418. The minimum absolute atomic E-state index is 0.226. The van der Waals surface area contributed by atoms with Crippen LogP contribution < -0.4 is 15.5 Å². The molecule has 178 valence electrons. The van der Waals surface area contributed by atoms with Crippen molar-refractivity contribution in [3.8, 4) is 11.1 Å². The zero-order chi connectivity index (χ0) is 24.8. The van der Waals surface area contributed by atoms with Crippen LogP contribution in [0.15, 0.2) is 91.0 Å². The van der Waals surface area contributed by atoms with Crippen molar-refractivity contribution in [2.45, 2.75) is 19.4 Å². The molecule has 0 saturated carbocycles. The SMILES string of the molecule is CCNC(Cc1ccc(-c2cccc(N(C)C(=O)Nc3ccc4ccccc4c3)c2)cc1)C(=O)O. The van der Waals surface area contributed by atoms with Crippen molar-refractivity contribution < 1.29 is 14.7 Å². The number of nitrogens with one attached hydrogen (secondary N) is 2. The third kappa shape index (κ3) is 5.86. The lowest BCUT2D eigenvalue weighted by molar-refractivity contribution is -0.139. The predicted molar refractivity (Wildman–Crippen MR) is 142 cm³/mol. The van der Waals surface area contributed by atoms with E-state index in [4.69, 9.17) is 0 Å². The Morgan fingerprint density at radius 1 is 0.857 bits per heavy atom. The Balaban J connectivity index is 1.46. The van der Waals surface area contributed by atoms with Crippen molar-refractivity contribution in [3.63, 3.8) is 0 Å². The maximum absolute atomic E-state index is 12.9. The molecule has 3 N–H and O–H groups in total. The molecular weight excluding hydrogens is 438 g/mol. The van der Waals surface area contributed by atoms with Gasteiger partial charge < -0.3 is 15.7 Å². The highest BCUT2D eigenvalue weighted by Gasteiger charge is 2.16. The van der Waals surface area contributed by atoms with Crippen LogP contribution in [0.25, 0.3) is 21.9 Å². The van der Waals surface area contributed by atoms with Gasteiger partial charge in [-0.25, -0.2) is 4.79 Å². The molecule has 0 aliphatic carbocycles. The highest BCUT2D eigenvalue weighted by atomic mass is 16.4. The van der Waals surface area contributed by atoms with E-state index in [2.05, 4.69) is 10.6 Å². The quantitative estimate of drug-likeness (QED) is 0.307. The fourth-order valence-electron chi connectivity index (χ4n) is 4.05. The third-order valence-corrected chi connectivity index (χ3v) is 6.01. The van der Waals surface area contributed by atoms with Gasteiger partial charge in [-0.2, -0.15) is 0 Å². The highest BCUT2D eigenvalue weighted by Crippen LogP contribution is 2.26. The first-order chi connectivity index (χ1) is 16.9. The Morgan fingerprint density at radius 2 is 1.60 bits per heavy atom. The lowest BCUT2D eigenvalue weighted by Gasteiger charge is -2.19. The summed E-state index contributed by atoms with van der Waals surface area (Å²) in [6.45, 7) is 2.49. The normalized spacial score (nSPS) is 11.7. The molecule has 6 nitrogen and oxygen atoms in total. The number of aliphatic carboxylic acids is 1. The first kappa shape index (κ1) is 24.0. The zero-order valence-corrected chi connectivity index (χ0v) is 19.9. The van der Waals surface area contributed by atoms with Crippen LogP contribution in [0.1, 0.15) is 12.5 Å². The summed E-state index contributed by atoms with van der Waals surface area (Å²) in [4.78, 5) is 25.9. The summed E-state index contributed by atoms with van der Waals surface area (Å²) >= 11 is 0. The number of fused-ring (bicyclic) bond motifs is 1. The Morgan fingerprint density at radius 3 is 2.31 bits per heavy atom. The number of carbonyl (C=O) groups is 2. The van der Waals surface area contributed by atoms with Crippen LogP contribution in [0.3, 0.4) is 0 Å². The van der Waals surface area contributed by atoms with Crippen molar-refractivity contribution in [3.05, 3.63) is 96.6 Å². The van der Waals surface area contributed by atoms with Crippen molar-refractivity contribution >= 4 is 34.1 Å². The topological polar surface area (TPSA) is 81.7 Å². The molecule has 6 heteroatoms. The summed E-state index contributed by atoms with van der Waals surface area (Å²) < 4.78 is 0. The van der Waals surface area contributed by atoms with Crippen LogP contribution in [0.5, 0.6) is 0 Å². The van der Waals surface area contributed by atoms with Gasteiger partial charge in [0.1, 0.15) is 6.04 Å². The van der Waals surface area contributed by atoms with Crippen molar-refractivity contribution in [1.82, 2.24) is 5.32 Å². The second-order valence-electron chi connectivity index (χ2n) is 8.45. The van der Waals surface area contributed by atoms with Crippen LogP contribution in [-0.4, -0.2) is 36.7 Å². The molecule has 4 rings (SSSR count). The van der Waals surface area contributed by atoms with Crippen molar-refractivity contribution in [1.29, 1.82) is 0 Å². The fraction of sp³-hybridized carbons (Fsp3) is 0.172. The maximum atomic E-state index is 12.9. The molecule has 0 saturated heterocycles. The van der Waals surface area contributed by atoms with Crippen LogP contribution in [0.4, 0.5) is 16.2 Å². The molecule has 1 atom stereocenters. The first-order valence-corrected chi connectivity index (χ1v) is 11.6. The molecule has 0 aliphatic rings. The molecule has 1 unspecified atom stereocenters. The van der Waals surface area contributed by atoms with E-state index in [0.29, 0.717) is 13.0 Å². The van der Waals surface area contributed by atoms with Crippen LogP contribution in [-0.2, 0) is 11.2 Å². The summed E-state index contributed by atoms with van der Waals surface area (Å²) in [7, 11) is 1.74. The smallest absolute Gasteiger partial charge is 0.326 e. The molecule has 0 heterocycles. The van der Waals surface area contributed by atoms with Gasteiger partial charge in [0.15, 0.2) is 0 Å². The van der Waals surface area contributed by atoms with E-state index in [-0.39, 0.29) is 6.03 Å². The molecule has 0 aliphatic heterocycles. The number of amides is 2. The second kappa shape index (κ2) is 10.8. The first-order valence-electron chi connectivity index (χ1n) is 11.6. The molecule has 4 aromatic rings. The number of anilines is 2. The van der Waals surface area contributed by atoms with E-state index >= 15 is 0 Å². The summed E-state index contributed by atoms with van der Waals surface area (Å²) in [5.74, 6) is -0.853. The van der Waals surface area contributed by atoms with Crippen molar-refractivity contribution in [2.75, 3.05) is 23.8 Å². The van der Waals surface area contributed by atoms with E-state index in [1.165, 1.54) is 0 Å². The standard InChI is InChI=1S/C29H29N3O3/c1-3-30-27(28(33)34)17-20-11-13-22(14-12-20)24-9-6-10-26(19-24)32(2)29(35)31-25-16-15-21-7-4-5-8-23(21)18-25/h4-16,18-19,27,30H,3,17H2,1-2H3,(H,31,35)(H,33,34). The molecule has 0 fully saturated rings. The Bertz CT molecular complexity index is 1330. The molecular formula is C29H29N3O3. The molecule has 0 spiro atoms. The molecule has 4 aromatic carbocycles. The van der Waals surface area contributed by atoms with Crippen LogP contribution in [0.2, 0.25) is 0 Å². The van der Waals surface area contributed by atoms with Gasteiger partial charge in [0.2, 0.25) is 0 Å². The average Bonchev–Trinajstić information content (AvgIpc) is 2.88. The minimum atomic E-state index is -0.853. The summed E-state index contributed by atoms with van der Waals surface area (Å²) in [6, 6.07) is 28.7. The van der Waals surface area contributed by atoms with E-state index in [0.717, 1.165) is 38.8 Å². The Labute approximate surface area is 205 Å². The highest BCUT2D eigenvalue weighted by molar-refractivity contribution is 6.02. The number of carboxylic acid groups (broad SMARTS) is 1. The Kier molecular flexibility index (Phi) is 7.43. The number of carboxylic acids is 1. The maximum Gasteiger partial charge on any atom is 0.326 e. The van der Waals surface area contributed by atoms with E-state index in [1.54, 1.807) is 11.9 Å². The predicted octanol–water partition coefficient (Wildman–Crippen LogP) is 5.78. The number of urea groups is 1. The third-order valence-electron chi connectivity index (χ3n) is 6.01. The van der Waals surface area contributed by atoms with Crippen molar-refractivity contribution in [2.24, 2.45) is 0 Å². The lowest BCUT2D eigenvalue weighted by Crippen LogP contribution is -2.38. The summed E-state index contributed by atoms with van der Waals surface area (Å²) in [5, 5.41) is 17.5. The number of benzene rings is 4. The van der Waals surface area contributed by atoms with Gasteiger partial charge in [-0.1, -0.05) is 73.7 Å². The van der Waals surface area contributed by atoms with Gasteiger partial charge in [-0.15, -0.1) is 0 Å². The molecule has 2 amide bonds. The van der Waals surface area contributed by atoms with Crippen LogP contribution in [0, 0.1) is 0 Å². The molecule has 0 aromatic heterocycles. The zero-order valence-electron chi connectivity index (χ0n) is 19.9. The number of carbonyl (C=O) groups excluding carboxylic acids is 1. The van der Waals surface area contributed by atoms with Gasteiger partial charge in [0.25, 0.3) is 0 Å². The number of rotatable bonds is 8. The van der Waals surface area contributed by atoms with Gasteiger partial charge >= 0.3 is 12.0 Å². The monoisotopic (exact) mass is 467 g/mol. The van der Waals surface area contributed by atoms with Gasteiger partial charge in [0.05, 0.1) is 0 Å². The largest absolute Gasteiger partial charge is 0.480 e. The van der Waals surface area contributed by atoms with E-state index in [1.807, 2.05) is 97.9 Å². The molecule has 0 radical (unpaired) electrons. The van der Waals surface area contributed by atoms with E-state index in [9.17, 15) is 14.7 Å². The number of nitrogens with zero attached hydrogens (tertiary/aromatic N) is 1. The van der Waals surface area contributed by atoms with Gasteiger partial charge in [-0.3, -0.25) is 9.69 Å². The Hall–Kier alpha value is -4.16. The number of likely N-dealkylation sites (N-methyl/N-ethyl adjacent to an activating group) is 1. The summed E-state index contributed by atoms with van der Waals surface area (Å²) in [5.41, 5.74) is 4.42. The van der Waals surface area contributed by atoms with Gasteiger partial charge in [-0.05, 0) is 64.7 Å². The van der Waals surface area contributed by atoms with E-state index < -0.39 is 12.0 Å². The average molecular weight is 468 g/mol. The molecule has 0 bridgehead atoms. The minimum Gasteiger partial charge on any atom is -0.480 e.